The molecular formula is C24H24BrN7O3. The van der Waals surface area contributed by atoms with Crippen molar-refractivity contribution in [2.24, 2.45) is 0 Å². The highest BCUT2D eigenvalue weighted by atomic mass is 79.9. The molecule has 11 heteroatoms. The molecule has 5 rings (SSSR count). The zero-order chi connectivity index (χ0) is 24.7. The van der Waals surface area contributed by atoms with E-state index in [1.807, 2.05) is 29.7 Å². The molecule has 1 aliphatic heterocycles. The Balaban J connectivity index is 1.48. The van der Waals surface area contributed by atoms with E-state index in [2.05, 4.69) is 36.2 Å². The largest absolute Gasteiger partial charge is 0.497 e. The quantitative estimate of drug-likeness (QED) is 0.373. The molecule has 4 aromatic rings. The summed E-state index contributed by atoms with van der Waals surface area (Å²) in [5, 5.41) is 4.35. The Morgan fingerprint density at radius 2 is 2.06 bits per heavy atom. The number of methoxy groups -OCH3 is 1. The van der Waals surface area contributed by atoms with Crippen LogP contribution in [0.15, 0.2) is 47.3 Å². The number of nitrogen functional groups attached to an aromatic ring is 1. The molecule has 3 N–H and O–H groups in total. The van der Waals surface area contributed by atoms with Crippen LogP contribution in [-0.2, 0) is 16.1 Å². The van der Waals surface area contributed by atoms with Crippen LogP contribution in [-0.4, -0.2) is 55.4 Å². The van der Waals surface area contributed by atoms with Crippen molar-refractivity contribution in [1.29, 1.82) is 0 Å². The molecule has 2 amide bonds. The molecule has 1 saturated heterocycles. The van der Waals surface area contributed by atoms with E-state index in [-0.39, 0.29) is 24.4 Å². The van der Waals surface area contributed by atoms with Crippen LogP contribution in [0.1, 0.15) is 19.8 Å². The third-order valence-electron chi connectivity index (χ3n) is 6.40. The number of pyridine rings is 1. The number of nitrogens with one attached hydrogen (secondary N) is 1. The number of carbonyl (C=O) groups is 2. The fourth-order valence-corrected chi connectivity index (χ4v) is 5.11. The van der Waals surface area contributed by atoms with E-state index >= 15 is 0 Å². The maximum Gasteiger partial charge on any atom is 0.248 e. The van der Waals surface area contributed by atoms with Gasteiger partial charge in [-0.1, -0.05) is 6.07 Å². The minimum atomic E-state index is -0.597. The van der Waals surface area contributed by atoms with Gasteiger partial charge in [0.15, 0.2) is 0 Å². The van der Waals surface area contributed by atoms with Gasteiger partial charge in [-0.2, -0.15) is 0 Å². The lowest BCUT2D eigenvalue weighted by molar-refractivity contribution is -0.138. The van der Waals surface area contributed by atoms with Crippen LogP contribution in [0.25, 0.3) is 21.9 Å². The fraction of sp³-hybridized carbons (Fsp3) is 0.292. The van der Waals surface area contributed by atoms with Crippen molar-refractivity contribution in [2.75, 3.05) is 18.2 Å². The number of carbonyl (C=O) groups excluding carboxylic acids is 2. The van der Waals surface area contributed by atoms with E-state index in [1.54, 1.807) is 30.2 Å². The number of fused-ring (bicyclic) bond motifs is 3. The lowest BCUT2D eigenvalue weighted by Gasteiger charge is -2.28. The van der Waals surface area contributed by atoms with Gasteiger partial charge in [-0.05, 0) is 60.0 Å². The molecule has 0 aliphatic carbocycles. The summed E-state index contributed by atoms with van der Waals surface area (Å²) in [7, 11) is 1.59. The average molecular weight is 538 g/mol. The first-order valence-corrected chi connectivity index (χ1v) is 12.0. The SMILES string of the molecule is COc1ccc2c3c(N)ncnc3n(CC(=O)N3[C@H](C)CC[C@H]3C(=O)Nc3cccc(Br)n3)c2c1. The summed E-state index contributed by atoms with van der Waals surface area (Å²) in [4.78, 5) is 41.3. The van der Waals surface area contributed by atoms with Gasteiger partial charge in [0.2, 0.25) is 11.8 Å². The van der Waals surface area contributed by atoms with E-state index < -0.39 is 6.04 Å². The number of rotatable bonds is 5. The van der Waals surface area contributed by atoms with E-state index in [0.29, 0.717) is 39.4 Å². The number of anilines is 2. The smallest absolute Gasteiger partial charge is 0.248 e. The average Bonchev–Trinajstić information content (AvgIpc) is 3.37. The van der Waals surface area contributed by atoms with Crippen LogP contribution in [0, 0.1) is 0 Å². The summed E-state index contributed by atoms with van der Waals surface area (Å²) in [6, 6.07) is 10.2. The minimum Gasteiger partial charge on any atom is -0.497 e. The van der Waals surface area contributed by atoms with Crippen molar-refractivity contribution in [3.05, 3.63) is 47.3 Å². The zero-order valence-corrected chi connectivity index (χ0v) is 20.8. The molecule has 1 aromatic carbocycles. The molecule has 0 radical (unpaired) electrons. The monoisotopic (exact) mass is 537 g/mol. The van der Waals surface area contributed by atoms with E-state index in [1.165, 1.54) is 6.33 Å². The van der Waals surface area contributed by atoms with Crippen LogP contribution in [0.3, 0.4) is 0 Å². The number of nitrogens with two attached hydrogens (primary N) is 1. The van der Waals surface area contributed by atoms with Crippen molar-refractivity contribution in [1.82, 2.24) is 24.4 Å². The van der Waals surface area contributed by atoms with Crippen molar-refractivity contribution in [2.45, 2.75) is 38.4 Å². The number of likely N-dealkylation sites (tertiary alicyclic amines) is 1. The molecule has 1 aliphatic rings. The van der Waals surface area contributed by atoms with Gasteiger partial charge < -0.3 is 25.3 Å². The predicted molar refractivity (Wildman–Crippen MR) is 136 cm³/mol. The number of amides is 2. The highest BCUT2D eigenvalue weighted by Crippen LogP contribution is 2.34. The fourth-order valence-electron chi connectivity index (χ4n) is 4.77. The third-order valence-corrected chi connectivity index (χ3v) is 6.84. The first-order chi connectivity index (χ1) is 16.9. The van der Waals surface area contributed by atoms with Gasteiger partial charge >= 0.3 is 0 Å². The Hall–Kier alpha value is -3.73. The third kappa shape index (κ3) is 4.16. The van der Waals surface area contributed by atoms with Crippen molar-refractivity contribution >= 4 is 61.3 Å². The number of hydrogen-bond acceptors (Lipinski definition) is 7. The molecule has 1 fully saturated rings. The molecular weight excluding hydrogens is 514 g/mol. The standard InChI is InChI=1S/C24H24BrN7O3/c1-13-6-9-16(24(34)30-19-5-3-4-18(25)29-19)32(13)20(33)11-31-17-10-14(35-2)7-8-15(17)21-22(26)27-12-28-23(21)31/h3-5,7-8,10,12-13,16H,6,9,11H2,1-2H3,(H2,26,27,28)(H,29,30,34)/t13-,16+/m1/s1. The predicted octanol–water partition coefficient (Wildman–Crippen LogP) is 3.35. The van der Waals surface area contributed by atoms with Crippen molar-refractivity contribution < 1.29 is 14.3 Å². The van der Waals surface area contributed by atoms with Crippen LogP contribution in [0.4, 0.5) is 11.6 Å². The van der Waals surface area contributed by atoms with Crippen molar-refractivity contribution in [3.8, 4) is 5.75 Å². The molecule has 35 heavy (non-hydrogen) atoms. The van der Waals surface area contributed by atoms with Crippen molar-refractivity contribution in [3.63, 3.8) is 0 Å². The summed E-state index contributed by atoms with van der Waals surface area (Å²) in [6.45, 7) is 1.95. The summed E-state index contributed by atoms with van der Waals surface area (Å²) < 4.78 is 7.83. The zero-order valence-electron chi connectivity index (χ0n) is 19.2. The number of halogens is 1. The normalized spacial score (nSPS) is 17.7. The molecule has 10 nitrogen and oxygen atoms in total. The summed E-state index contributed by atoms with van der Waals surface area (Å²) >= 11 is 3.31. The van der Waals surface area contributed by atoms with Crippen LogP contribution in [0.2, 0.25) is 0 Å². The highest BCUT2D eigenvalue weighted by molar-refractivity contribution is 9.10. The summed E-state index contributed by atoms with van der Waals surface area (Å²) in [5.74, 6) is 0.969. The van der Waals surface area contributed by atoms with Gasteiger partial charge in [0, 0.05) is 17.5 Å². The maximum absolute atomic E-state index is 13.7. The summed E-state index contributed by atoms with van der Waals surface area (Å²) in [6.07, 6.45) is 2.68. The first-order valence-electron chi connectivity index (χ1n) is 11.2. The number of aromatic nitrogens is 4. The molecule has 4 heterocycles. The van der Waals surface area contributed by atoms with Gasteiger partial charge in [-0.3, -0.25) is 9.59 Å². The lowest BCUT2D eigenvalue weighted by atomic mass is 10.2. The highest BCUT2D eigenvalue weighted by Gasteiger charge is 2.39. The molecule has 0 spiro atoms. The number of benzene rings is 1. The number of hydrogen-bond donors (Lipinski definition) is 2. The minimum absolute atomic E-state index is 0.00707. The van der Waals surface area contributed by atoms with E-state index in [0.717, 1.165) is 17.3 Å². The Morgan fingerprint density at radius 1 is 1.23 bits per heavy atom. The topological polar surface area (TPSA) is 128 Å². The van der Waals surface area contributed by atoms with Crippen LogP contribution in [0.5, 0.6) is 5.75 Å². The van der Waals surface area contributed by atoms with Gasteiger partial charge in [0.1, 0.15) is 46.5 Å². The Labute approximate surface area is 209 Å². The molecule has 0 unspecified atom stereocenters. The molecule has 0 bridgehead atoms. The van der Waals surface area contributed by atoms with Gasteiger partial charge in [-0.15, -0.1) is 0 Å². The second-order valence-corrected chi connectivity index (χ2v) is 9.32. The molecule has 0 saturated carbocycles. The van der Waals surface area contributed by atoms with Gasteiger partial charge in [0.05, 0.1) is 18.0 Å². The van der Waals surface area contributed by atoms with E-state index in [4.69, 9.17) is 10.5 Å². The summed E-state index contributed by atoms with van der Waals surface area (Å²) in [5.41, 5.74) is 7.49. The van der Waals surface area contributed by atoms with Gasteiger partial charge in [0.25, 0.3) is 0 Å². The second-order valence-electron chi connectivity index (χ2n) is 8.50. The molecule has 180 valence electrons. The van der Waals surface area contributed by atoms with Gasteiger partial charge in [-0.25, -0.2) is 15.0 Å². The Bertz CT molecular complexity index is 1450. The van der Waals surface area contributed by atoms with E-state index in [9.17, 15) is 9.59 Å². The Kier molecular flexibility index (Phi) is 6.01. The first kappa shape index (κ1) is 23.0. The molecule has 2 atom stereocenters. The second kappa shape index (κ2) is 9.14. The van der Waals surface area contributed by atoms with Crippen LogP contribution >= 0.6 is 15.9 Å². The molecule has 3 aromatic heterocycles. The number of nitrogens with zero attached hydrogens (tertiary/aromatic N) is 5. The number of ether oxygens (including phenoxy) is 1. The van der Waals surface area contributed by atoms with Crippen LogP contribution < -0.4 is 15.8 Å². The lowest BCUT2D eigenvalue weighted by Crippen LogP contribution is -2.47. The maximum atomic E-state index is 13.7. The Morgan fingerprint density at radius 3 is 2.83 bits per heavy atom.